The number of aliphatic hydroxyl groups is 1. The number of aliphatic hydroxyl groups excluding tert-OH is 1. The number of fused-ring (bicyclic) bond motifs is 1. The van der Waals surface area contributed by atoms with Crippen LogP contribution in [-0.4, -0.2) is 26.3 Å². The first-order chi connectivity index (χ1) is 7.26. The highest BCUT2D eigenvalue weighted by Gasteiger charge is 2.08. The Bertz CT molecular complexity index is 465. The van der Waals surface area contributed by atoms with Crippen molar-refractivity contribution in [2.24, 2.45) is 5.73 Å². The summed E-state index contributed by atoms with van der Waals surface area (Å²) in [5.74, 6) is 0.900. The number of rotatable bonds is 3. The van der Waals surface area contributed by atoms with E-state index >= 15 is 0 Å². The van der Waals surface area contributed by atoms with Crippen molar-refractivity contribution < 1.29 is 5.11 Å². The summed E-state index contributed by atoms with van der Waals surface area (Å²) in [6, 6.07) is 3.38. The molecule has 2 aromatic rings. The summed E-state index contributed by atoms with van der Waals surface area (Å²) in [6.07, 6.45) is 2.70. The molecule has 0 fully saturated rings. The third kappa shape index (κ3) is 1.71. The van der Waals surface area contributed by atoms with Gasteiger partial charge in [-0.05, 0) is 11.6 Å². The van der Waals surface area contributed by atoms with Crippen LogP contribution in [0.1, 0.15) is 24.4 Å². The molecular weight excluding hydrogens is 192 g/mol. The van der Waals surface area contributed by atoms with E-state index in [2.05, 4.69) is 10.2 Å². The van der Waals surface area contributed by atoms with E-state index in [0.717, 1.165) is 23.5 Å². The molecule has 5 heteroatoms. The molecule has 0 aliphatic rings. The topological polar surface area (TPSA) is 76.4 Å². The van der Waals surface area contributed by atoms with Crippen molar-refractivity contribution in [1.29, 1.82) is 0 Å². The molecule has 0 aromatic carbocycles. The van der Waals surface area contributed by atoms with Crippen molar-refractivity contribution in [3.63, 3.8) is 0 Å². The monoisotopic (exact) mass is 206 g/mol. The fourth-order valence-corrected chi connectivity index (χ4v) is 1.52. The maximum atomic E-state index is 8.97. The van der Waals surface area contributed by atoms with E-state index in [1.165, 1.54) is 0 Å². The number of nitrogens with two attached hydrogens (primary N) is 1. The van der Waals surface area contributed by atoms with Gasteiger partial charge >= 0.3 is 0 Å². The maximum absolute atomic E-state index is 8.97. The molecule has 0 saturated heterocycles. The maximum Gasteiger partial charge on any atom is 0.160 e. The molecule has 0 amide bonds. The van der Waals surface area contributed by atoms with Gasteiger partial charge in [0.1, 0.15) is 5.82 Å². The van der Waals surface area contributed by atoms with Gasteiger partial charge in [-0.25, -0.2) is 0 Å². The number of hydrogen-bond donors (Lipinski definition) is 2. The summed E-state index contributed by atoms with van der Waals surface area (Å²) in [4.78, 5) is 0. The Hall–Kier alpha value is -1.46. The fraction of sp³-hybridized carbons (Fsp3) is 0.400. The molecule has 5 nitrogen and oxygen atoms in total. The van der Waals surface area contributed by atoms with Crippen molar-refractivity contribution in [3.8, 4) is 0 Å². The Balaban J connectivity index is 2.52. The van der Waals surface area contributed by atoms with E-state index in [1.807, 2.05) is 29.7 Å². The first-order valence-electron chi connectivity index (χ1n) is 4.96. The lowest BCUT2D eigenvalue weighted by Gasteiger charge is -2.08. The predicted octanol–water partition coefficient (Wildman–Crippen LogP) is 0.284. The number of aryl methyl sites for hydroxylation is 1. The van der Waals surface area contributed by atoms with Crippen LogP contribution in [0.3, 0.4) is 0 Å². The molecule has 2 heterocycles. The summed E-state index contributed by atoms with van der Waals surface area (Å²) in [5, 5.41) is 17.0. The highest BCUT2D eigenvalue weighted by atomic mass is 16.3. The molecule has 0 saturated carbocycles. The van der Waals surface area contributed by atoms with Crippen molar-refractivity contribution >= 4 is 5.65 Å². The van der Waals surface area contributed by atoms with Crippen LogP contribution >= 0.6 is 0 Å². The average Bonchev–Trinajstić information content (AvgIpc) is 2.69. The second kappa shape index (κ2) is 3.96. The molecular formula is C10H14N4O. The number of pyridine rings is 1. The molecule has 3 N–H and O–H groups in total. The van der Waals surface area contributed by atoms with Crippen LogP contribution in [0.4, 0.5) is 0 Å². The lowest BCUT2D eigenvalue weighted by molar-refractivity contribution is 0.267. The van der Waals surface area contributed by atoms with Gasteiger partial charge in [-0.15, -0.1) is 10.2 Å². The van der Waals surface area contributed by atoms with Gasteiger partial charge in [-0.1, -0.05) is 13.0 Å². The van der Waals surface area contributed by atoms with Crippen LogP contribution in [0.2, 0.25) is 0 Å². The minimum atomic E-state index is -0.346. The summed E-state index contributed by atoms with van der Waals surface area (Å²) < 4.78 is 1.91. The normalized spacial score (nSPS) is 13.3. The Labute approximate surface area is 87.6 Å². The lowest BCUT2D eigenvalue weighted by Crippen LogP contribution is -2.15. The zero-order valence-corrected chi connectivity index (χ0v) is 8.59. The largest absolute Gasteiger partial charge is 0.394 e. The molecule has 2 aromatic heterocycles. The van der Waals surface area contributed by atoms with Crippen molar-refractivity contribution in [2.75, 3.05) is 6.61 Å². The summed E-state index contributed by atoms with van der Waals surface area (Å²) in [5.41, 5.74) is 7.44. The SMILES string of the molecule is CCc1nnc2ccc(C(N)CO)cn12. The third-order valence-electron chi connectivity index (χ3n) is 2.44. The molecule has 2 rings (SSSR count). The van der Waals surface area contributed by atoms with Crippen LogP contribution in [0.5, 0.6) is 0 Å². The van der Waals surface area contributed by atoms with Crippen LogP contribution in [-0.2, 0) is 6.42 Å². The Morgan fingerprint density at radius 3 is 2.93 bits per heavy atom. The molecule has 15 heavy (non-hydrogen) atoms. The van der Waals surface area contributed by atoms with Crippen molar-refractivity contribution in [1.82, 2.24) is 14.6 Å². The van der Waals surface area contributed by atoms with E-state index in [4.69, 9.17) is 10.8 Å². The van der Waals surface area contributed by atoms with Gasteiger partial charge in [0.15, 0.2) is 5.65 Å². The zero-order valence-electron chi connectivity index (χ0n) is 8.59. The Morgan fingerprint density at radius 2 is 2.27 bits per heavy atom. The van der Waals surface area contributed by atoms with E-state index in [1.54, 1.807) is 0 Å². The standard InChI is InChI=1S/C10H14N4O/c1-2-9-12-13-10-4-3-7(5-14(9)10)8(11)6-15/h3-5,8,15H,2,6,11H2,1H3. The van der Waals surface area contributed by atoms with E-state index in [9.17, 15) is 0 Å². The van der Waals surface area contributed by atoms with Crippen LogP contribution in [0.15, 0.2) is 18.3 Å². The van der Waals surface area contributed by atoms with Crippen LogP contribution < -0.4 is 5.73 Å². The third-order valence-corrected chi connectivity index (χ3v) is 2.44. The molecule has 0 aliphatic carbocycles. The number of hydrogen-bond acceptors (Lipinski definition) is 4. The highest BCUT2D eigenvalue weighted by Crippen LogP contribution is 2.12. The highest BCUT2D eigenvalue weighted by molar-refractivity contribution is 5.40. The minimum Gasteiger partial charge on any atom is -0.394 e. The number of nitrogens with zero attached hydrogens (tertiary/aromatic N) is 3. The van der Waals surface area contributed by atoms with Crippen molar-refractivity contribution in [2.45, 2.75) is 19.4 Å². The fourth-order valence-electron chi connectivity index (χ4n) is 1.52. The first kappa shape index (κ1) is 10.1. The van der Waals surface area contributed by atoms with Gasteiger partial charge < -0.3 is 10.8 Å². The number of aromatic nitrogens is 3. The average molecular weight is 206 g/mol. The van der Waals surface area contributed by atoms with Gasteiger partial charge in [0.2, 0.25) is 0 Å². The first-order valence-corrected chi connectivity index (χ1v) is 4.96. The van der Waals surface area contributed by atoms with E-state index < -0.39 is 0 Å². The van der Waals surface area contributed by atoms with Crippen LogP contribution in [0.25, 0.3) is 5.65 Å². The van der Waals surface area contributed by atoms with Gasteiger partial charge in [0, 0.05) is 12.6 Å². The van der Waals surface area contributed by atoms with Gasteiger partial charge in [-0.3, -0.25) is 4.40 Å². The summed E-state index contributed by atoms with van der Waals surface area (Å²) in [6.45, 7) is 1.96. The predicted molar refractivity (Wildman–Crippen MR) is 56.4 cm³/mol. The van der Waals surface area contributed by atoms with Gasteiger partial charge in [-0.2, -0.15) is 0 Å². The molecule has 1 unspecified atom stereocenters. The molecule has 0 spiro atoms. The lowest BCUT2D eigenvalue weighted by atomic mass is 10.1. The summed E-state index contributed by atoms with van der Waals surface area (Å²) in [7, 11) is 0. The van der Waals surface area contributed by atoms with Gasteiger partial charge in [0.05, 0.1) is 12.6 Å². The molecule has 80 valence electrons. The quantitative estimate of drug-likeness (QED) is 0.756. The van der Waals surface area contributed by atoms with Crippen molar-refractivity contribution in [3.05, 3.63) is 29.7 Å². The second-order valence-electron chi connectivity index (χ2n) is 3.45. The van der Waals surface area contributed by atoms with E-state index in [-0.39, 0.29) is 12.6 Å². The van der Waals surface area contributed by atoms with Crippen LogP contribution in [0, 0.1) is 0 Å². The zero-order chi connectivity index (χ0) is 10.8. The summed E-state index contributed by atoms with van der Waals surface area (Å²) >= 11 is 0. The molecule has 1 atom stereocenters. The second-order valence-corrected chi connectivity index (χ2v) is 3.45. The van der Waals surface area contributed by atoms with Gasteiger partial charge in [0.25, 0.3) is 0 Å². The molecule has 0 aliphatic heterocycles. The molecule has 0 radical (unpaired) electrons. The molecule has 0 bridgehead atoms. The Morgan fingerprint density at radius 1 is 1.47 bits per heavy atom. The smallest absolute Gasteiger partial charge is 0.160 e. The van der Waals surface area contributed by atoms with E-state index in [0.29, 0.717) is 0 Å². The Kier molecular flexibility index (Phi) is 2.66. The minimum absolute atomic E-state index is 0.0604.